The number of hydrogen-bond donors (Lipinski definition) is 1. The molecule has 1 aliphatic heterocycles. The summed E-state index contributed by atoms with van der Waals surface area (Å²) >= 11 is 0. The van der Waals surface area contributed by atoms with E-state index in [1.165, 1.54) is 24.3 Å². The van der Waals surface area contributed by atoms with Crippen molar-refractivity contribution in [3.8, 4) is 0 Å². The number of carbonyl (C=O) groups is 1. The van der Waals surface area contributed by atoms with E-state index in [9.17, 15) is 13.6 Å². The van der Waals surface area contributed by atoms with Crippen LogP contribution in [-0.4, -0.2) is 29.8 Å². The Kier molecular flexibility index (Phi) is 3.00. The van der Waals surface area contributed by atoms with Crippen LogP contribution in [0.5, 0.6) is 0 Å². The standard InChI is InChI=1S/C12H13F2NO2/c13-9-2-4-10(5-3-9)15-7-1-6-12(14,8-15)11(16)17/h2-5H,1,6-8H2,(H,16,17). The molecule has 0 aliphatic carbocycles. The normalized spacial score (nSPS) is 24.7. The molecular formula is C12H13F2NO2. The average molecular weight is 241 g/mol. The van der Waals surface area contributed by atoms with Crippen molar-refractivity contribution in [2.45, 2.75) is 18.5 Å². The summed E-state index contributed by atoms with van der Waals surface area (Å²) in [5.74, 6) is -1.79. The molecule has 1 unspecified atom stereocenters. The molecule has 1 heterocycles. The highest BCUT2D eigenvalue weighted by molar-refractivity contribution is 5.78. The lowest BCUT2D eigenvalue weighted by Gasteiger charge is -2.36. The van der Waals surface area contributed by atoms with E-state index in [4.69, 9.17) is 5.11 Å². The molecule has 0 amide bonds. The van der Waals surface area contributed by atoms with Crippen LogP contribution in [0.25, 0.3) is 0 Å². The summed E-state index contributed by atoms with van der Waals surface area (Å²) in [6, 6.07) is 5.63. The third-order valence-corrected chi connectivity index (χ3v) is 3.02. The highest BCUT2D eigenvalue weighted by Gasteiger charge is 2.42. The lowest BCUT2D eigenvalue weighted by molar-refractivity contribution is -0.151. The summed E-state index contributed by atoms with van der Waals surface area (Å²) in [6.45, 7) is 0.401. The first-order valence-electron chi connectivity index (χ1n) is 5.44. The Morgan fingerprint density at radius 1 is 1.35 bits per heavy atom. The molecule has 2 rings (SSSR count). The molecule has 1 atom stereocenters. The maximum absolute atomic E-state index is 14.0. The fourth-order valence-electron chi connectivity index (χ4n) is 2.06. The van der Waals surface area contributed by atoms with Gasteiger partial charge in [0, 0.05) is 12.2 Å². The number of nitrogens with zero attached hydrogens (tertiary/aromatic N) is 1. The third-order valence-electron chi connectivity index (χ3n) is 3.02. The number of aliphatic carboxylic acids is 1. The number of piperidine rings is 1. The molecule has 0 spiro atoms. The SMILES string of the molecule is O=C(O)C1(F)CCCN(c2ccc(F)cc2)C1. The van der Waals surface area contributed by atoms with Crippen molar-refractivity contribution in [3.05, 3.63) is 30.1 Å². The van der Waals surface area contributed by atoms with Crippen LogP contribution in [0.15, 0.2) is 24.3 Å². The van der Waals surface area contributed by atoms with Crippen molar-refractivity contribution < 1.29 is 18.7 Å². The van der Waals surface area contributed by atoms with E-state index in [1.54, 1.807) is 4.90 Å². The summed E-state index contributed by atoms with van der Waals surface area (Å²) in [5, 5.41) is 8.84. The van der Waals surface area contributed by atoms with Gasteiger partial charge in [0.15, 0.2) is 0 Å². The van der Waals surface area contributed by atoms with Gasteiger partial charge < -0.3 is 10.0 Å². The molecule has 5 heteroatoms. The summed E-state index contributed by atoms with van der Waals surface area (Å²) < 4.78 is 26.7. The zero-order valence-electron chi connectivity index (χ0n) is 9.20. The Bertz CT molecular complexity index is 421. The second kappa shape index (κ2) is 4.31. The molecule has 0 saturated carbocycles. The van der Waals surface area contributed by atoms with Gasteiger partial charge in [-0.05, 0) is 37.1 Å². The van der Waals surface area contributed by atoms with Crippen LogP contribution < -0.4 is 4.90 Å². The van der Waals surface area contributed by atoms with Gasteiger partial charge in [-0.2, -0.15) is 0 Å². The number of rotatable bonds is 2. The average Bonchev–Trinajstić information content (AvgIpc) is 2.30. The van der Waals surface area contributed by atoms with Crippen LogP contribution in [0.3, 0.4) is 0 Å². The Labute approximate surface area is 97.7 Å². The number of alkyl halides is 1. The van der Waals surface area contributed by atoms with Gasteiger partial charge >= 0.3 is 5.97 Å². The van der Waals surface area contributed by atoms with Gasteiger partial charge in [-0.15, -0.1) is 0 Å². The second-order valence-corrected chi connectivity index (χ2v) is 4.27. The largest absolute Gasteiger partial charge is 0.479 e. The Morgan fingerprint density at radius 3 is 2.59 bits per heavy atom. The molecule has 1 aromatic carbocycles. The number of halogens is 2. The van der Waals surface area contributed by atoms with Crippen molar-refractivity contribution in [1.29, 1.82) is 0 Å². The highest BCUT2D eigenvalue weighted by Crippen LogP contribution is 2.29. The molecule has 92 valence electrons. The van der Waals surface area contributed by atoms with Gasteiger partial charge in [-0.3, -0.25) is 0 Å². The Hall–Kier alpha value is -1.65. The Morgan fingerprint density at radius 2 is 2.00 bits per heavy atom. The van der Waals surface area contributed by atoms with Crippen LogP contribution in [0.4, 0.5) is 14.5 Å². The third kappa shape index (κ3) is 2.38. The van der Waals surface area contributed by atoms with Crippen LogP contribution in [0, 0.1) is 5.82 Å². The summed E-state index contributed by atoms with van der Waals surface area (Å²) in [7, 11) is 0. The number of benzene rings is 1. The maximum Gasteiger partial charge on any atom is 0.343 e. The summed E-state index contributed by atoms with van der Waals surface area (Å²) in [5.41, 5.74) is -1.55. The molecule has 0 bridgehead atoms. The second-order valence-electron chi connectivity index (χ2n) is 4.27. The predicted octanol–water partition coefficient (Wildman–Crippen LogP) is 2.22. The molecule has 1 aliphatic rings. The van der Waals surface area contributed by atoms with Gasteiger partial charge in [0.1, 0.15) is 5.82 Å². The summed E-state index contributed by atoms with van der Waals surface area (Å²) in [6.07, 6.45) is 0.500. The van der Waals surface area contributed by atoms with E-state index in [0.29, 0.717) is 18.7 Å². The minimum Gasteiger partial charge on any atom is -0.479 e. The van der Waals surface area contributed by atoms with E-state index in [2.05, 4.69) is 0 Å². The van der Waals surface area contributed by atoms with Crippen LogP contribution >= 0.6 is 0 Å². The molecule has 1 aromatic rings. The number of anilines is 1. The maximum atomic E-state index is 14.0. The van der Waals surface area contributed by atoms with E-state index < -0.39 is 11.6 Å². The smallest absolute Gasteiger partial charge is 0.343 e. The lowest BCUT2D eigenvalue weighted by Crippen LogP contribution is -2.50. The predicted molar refractivity (Wildman–Crippen MR) is 59.3 cm³/mol. The van der Waals surface area contributed by atoms with Gasteiger partial charge in [-0.1, -0.05) is 0 Å². The fourth-order valence-corrected chi connectivity index (χ4v) is 2.06. The minimum atomic E-state index is -2.20. The van der Waals surface area contributed by atoms with Gasteiger partial charge in [0.25, 0.3) is 0 Å². The Balaban J connectivity index is 2.17. The van der Waals surface area contributed by atoms with Crippen LogP contribution in [-0.2, 0) is 4.79 Å². The zero-order chi connectivity index (χ0) is 12.5. The molecule has 3 nitrogen and oxygen atoms in total. The molecule has 17 heavy (non-hydrogen) atoms. The molecule has 1 fully saturated rings. The van der Waals surface area contributed by atoms with E-state index in [1.807, 2.05) is 0 Å². The number of carboxylic acids is 1. The molecular weight excluding hydrogens is 228 g/mol. The number of hydrogen-bond acceptors (Lipinski definition) is 2. The molecule has 1 N–H and O–H groups in total. The topological polar surface area (TPSA) is 40.5 Å². The van der Waals surface area contributed by atoms with E-state index in [0.717, 1.165) is 0 Å². The van der Waals surface area contributed by atoms with E-state index >= 15 is 0 Å². The number of carboxylic acid groups (broad SMARTS) is 1. The first kappa shape index (κ1) is 11.8. The molecule has 0 aromatic heterocycles. The quantitative estimate of drug-likeness (QED) is 0.863. The van der Waals surface area contributed by atoms with Gasteiger partial charge in [0.05, 0.1) is 6.54 Å². The molecule has 1 saturated heterocycles. The van der Waals surface area contributed by atoms with Crippen molar-refractivity contribution in [2.24, 2.45) is 0 Å². The summed E-state index contributed by atoms with van der Waals surface area (Å²) in [4.78, 5) is 12.5. The van der Waals surface area contributed by atoms with E-state index in [-0.39, 0.29) is 18.8 Å². The monoisotopic (exact) mass is 241 g/mol. The highest BCUT2D eigenvalue weighted by atomic mass is 19.1. The zero-order valence-corrected chi connectivity index (χ0v) is 9.20. The van der Waals surface area contributed by atoms with Crippen LogP contribution in [0.1, 0.15) is 12.8 Å². The lowest BCUT2D eigenvalue weighted by atomic mass is 9.94. The first-order chi connectivity index (χ1) is 8.01. The van der Waals surface area contributed by atoms with Crippen LogP contribution in [0.2, 0.25) is 0 Å². The van der Waals surface area contributed by atoms with Crippen molar-refractivity contribution in [1.82, 2.24) is 0 Å². The molecule has 0 radical (unpaired) electrons. The van der Waals surface area contributed by atoms with Gasteiger partial charge in [0.2, 0.25) is 5.67 Å². The first-order valence-corrected chi connectivity index (χ1v) is 5.44. The van der Waals surface area contributed by atoms with Crippen molar-refractivity contribution in [3.63, 3.8) is 0 Å². The van der Waals surface area contributed by atoms with Crippen molar-refractivity contribution in [2.75, 3.05) is 18.0 Å². The van der Waals surface area contributed by atoms with Crippen molar-refractivity contribution >= 4 is 11.7 Å². The van der Waals surface area contributed by atoms with Gasteiger partial charge in [-0.25, -0.2) is 13.6 Å². The minimum absolute atomic E-state index is 0.0278. The fraction of sp³-hybridized carbons (Fsp3) is 0.417.